The summed E-state index contributed by atoms with van der Waals surface area (Å²) in [5, 5.41) is 4.42. The Bertz CT molecular complexity index is 505. The molecule has 2 aromatic heterocycles. The first-order valence-electron chi connectivity index (χ1n) is 5.87. The second kappa shape index (κ2) is 4.90. The minimum absolute atomic E-state index is 0.825. The van der Waals surface area contributed by atoms with Gasteiger partial charge in [-0.05, 0) is 30.2 Å². The highest BCUT2D eigenvalue weighted by Crippen LogP contribution is 2.30. The smallest absolute Gasteiger partial charge is 0.140 e. The van der Waals surface area contributed by atoms with Gasteiger partial charge in [0.1, 0.15) is 17.0 Å². The summed E-state index contributed by atoms with van der Waals surface area (Å²) in [6.07, 6.45) is 4.19. The summed E-state index contributed by atoms with van der Waals surface area (Å²) in [5.41, 5.74) is 0. The summed E-state index contributed by atoms with van der Waals surface area (Å²) in [6, 6.07) is 2.13. The molecule has 0 saturated carbocycles. The molecule has 17 heavy (non-hydrogen) atoms. The van der Waals surface area contributed by atoms with Gasteiger partial charge in [-0.1, -0.05) is 15.9 Å². The van der Waals surface area contributed by atoms with Crippen molar-refractivity contribution in [3.8, 4) is 0 Å². The molecule has 1 fully saturated rings. The zero-order valence-corrected chi connectivity index (χ0v) is 11.9. The van der Waals surface area contributed by atoms with Crippen LogP contribution in [0.2, 0.25) is 0 Å². The van der Waals surface area contributed by atoms with E-state index >= 15 is 0 Å². The van der Waals surface area contributed by atoms with E-state index in [0.29, 0.717) is 0 Å². The summed E-state index contributed by atoms with van der Waals surface area (Å²) in [7, 11) is 0. The highest BCUT2D eigenvalue weighted by Gasteiger charge is 2.20. The van der Waals surface area contributed by atoms with Crippen LogP contribution in [0, 0.1) is 5.92 Å². The third-order valence-corrected chi connectivity index (χ3v) is 5.11. The minimum atomic E-state index is 0.825. The largest absolute Gasteiger partial charge is 0.356 e. The molecule has 0 radical (unpaired) electrons. The van der Waals surface area contributed by atoms with Gasteiger partial charge in [-0.15, -0.1) is 11.3 Å². The molecule has 1 aliphatic heterocycles. The zero-order valence-electron chi connectivity index (χ0n) is 9.47. The van der Waals surface area contributed by atoms with Gasteiger partial charge in [0.25, 0.3) is 0 Å². The van der Waals surface area contributed by atoms with Gasteiger partial charge in [0.05, 0.1) is 5.39 Å². The van der Waals surface area contributed by atoms with Crippen LogP contribution < -0.4 is 4.90 Å². The van der Waals surface area contributed by atoms with Crippen LogP contribution in [0.3, 0.4) is 0 Å². The van der Waals surface area contributed by atoms with Crippen LogP contribution in [-0.4, -0.2) is 28.4 Å². The first-order chi connectivity index (χ1) is 8.38. The highest BCUT2D eigenvalue weighted by atomic mass is 79.9. The lowest BCUT2D eigenvalue weighted by molar-refractivity contribution is 0.446. The maximum absolute atomic E-state index is 4.46. The molecule has 0 bridgehead atoms. The summed E-state index contributed by atoms with van der Waals surface area (Å²) in [4.78, 5) is 12.3. The van der Waals surface area contributed by atoms with Crippen LogP contribution in [0.4, 0.5) is 5.82 Å². The Morgan fingerprint density at radius 3 is 2.94 bits per heavy atom. The molecule has 0 unspecified atom stereocenters. The minimum Gasteiger partial charge on any atom is -0.356 e. The molecular weight excluding hydrogens is 298 g/mol. The average Bonchev–Trinajstić information content (AvgIpc) is 2.87. The monoisotopic (exact) mass is 311 g/mol. The molecule has 3 nitrogen and oxygen atoms in total. The zero-order chi connectivity index (χ0) is 11.7. The Morgan fingerprint density at radius 2 is 2.18 bits per heavy atom. The first kappa shape index (κ1) is 11.4. The Kier molecular flexibility index (Phi) is 3.29. The molecule has 0 atom stereocenters. The van der Waals surface area contributed by atoms with E-state index in [4.69, 9.17) is 0 Å². The number of thiophene rings is 1. The maximum Gasteiger partial charge on any atom is 0.140 e. The van der Waals surface area contributed by atoms with E-state index in [1.165, 1.54) is 18.2 Å². The molecule has 0 N–H and O–H groups in total. The third-order valence-electron chi connectivity index (χ3n) is 3.37. The molecule has 90 valence electrons. The van der Waals surface area contributed by atoms with E-state index in [1.54, 1.807) is 17.7 Å². The molecule has 5 heteroatoms. The lowest BCUT2D eigenvalue weighted by Crippen LogP contribution is -2.34. The molecule has 1 aliphatic rings. The number of alkyl halides is 1. The van der Waals surface area contributed by atoms with Crippen molar-refractivity contribution >= 4 is 43.3 Å². The van der Waals surface area contributed by atoms with Gasteiger partial charge in [0.2, 0.25) is 0 Å². The van der Waals surface area contributed by atoms with Crippen molar-refractivity contribution in [3.63, 3.8) is 0 Å². The molecule has 3 rings (SSSR count). The van der Waals surface area contributed by atoms with Crippen molar-refractivity contribution in [2.75, 3.05) is 23.3 Å². The summed E-state index contributed by atoms with van der Waals surface area (Å²) in [6.45, 7) is 2.22. The van der Waals surface area contributed by atoms with Crippen molar-refractivity contribution < 1.29 is 0 Å². The molecule has 2 aromatic rings. The fourth-order valence-corrected chi connectivity index (χ4v) is 3.70. The van der Waals surface area contributed by atoms with Gasteiger partial charge < -0.3 is 4.90 Å². The van der Waals surface area contributed by atoms with Crippen LogP contribution in [0.1, 0.15) is 12.8 Å². The lowest BCUT2D eigenvalue weighted by atomic mass is 9.99. The van der Waals surface area contributed by atoms with Gasteiger partial charge in [-0.3, -0.25) is 0 Å². The van der Waals surface area contributed by atoms with Crippen molar-refractivity contribution in [3.05, 3.63) is 17.8 Å². The van der Waals surface area contributed by atoms with Crippen molar-refractivity contribution in [1.29, 1.82) is 0 Å². The predicted octanol–water partition coefficient (Wildman–Crippen LogP) is 3.30. The predicted molar refractivity (Wildman–Crippen MR) is 76.1 cm³/mol. The van der Waals surface area contributed by atoms with E-state index < -0.39 is 0 Å². The Hall–Kier alpha value is -0.680. The number of nitrogens with zero attached hydrogens (tertiary/aromatic N) is 3. The second-order valence-corrected chi connectivity index (χ2v) is 5.96. The van der Waals surface area contributed by atoms with Crippen LogP contribution >= 0.6 is 27.3 Å². The fourth-order valence-electron chi connectivity index (χ4n) is 2.33. The first-order valence-corrected chi connectivity index (χ1v) is 7.87. The van der Waals surface area contributed by atoms with Crippen molar-refractivity contribution in [2.45, 2.75) is 12.8 Å². The van der Waals surface area contributed by atoms with Crippen LogP contribution in [-0.2, 0) is 0 Å². The number of hydrogen-bond donors (Lipinski definition) is 0. The van der Waals surface area contributed by atoms with E-state index in [2.05, 4.69) is 42.2 Å². The Balaban J connectivity index is 1.87. The molecule has 0 amide bonds. The topological polar surface area (TPSA) is 29.0 Å². The third kappa shape index (κ3) is 2.18. The molecule has 0 spiro atoms. The van der Waals surface area contributed by atoms with E-state index in [1.807, 2.05) is 0 Å². The fraction of sp³-hybridized carbons (Fsp3) is 0.500. The summed E-state index contributed by atoms with van der Waals surface area (Å²) in [5.74, 6) is 1.94. The number of anilines is 1. The van der Waals surface area contributed by atoms with E-state index in [9.17, 15) is 0 Å². The number of rotatable bonds is 2. The standard InChI is InChI=1S/C12H14BrN3S/c13-7-9-1-4-16(5-2-9)11-10-3-6-17-12(10)15-8-14-11/h3,6,8-9H,1-2,4-5,7H2. The summed E-state index contributed by atoms with van der Waals surface area (Å²) < 4.78 is 0. The van der Waals surface area contributed by atoms with Gasteiger partial charge in [0.15, 0.2) is 0 Å². The van der Waals surface area contributed by atoms with Crippen molar-refractivity contribution in [2.24, 2.45) is 5.92 Å². The number of halogens is 1. The van der Waals surface area contributed by atoms with Crippen LogP contribution in [0.25, 0.3) is 10.2 Å². The number of piperidine rings is 1. The van der Waals surface area contributed by atoms with Crippen LogP contribution in [0.15, 0.2) is 17.8 Å². The van der Waals surface area contributed by atoms with Crippen LogP contribution in [0.5, 0.6) is 0 Å². The number of hydrogen-bond acceptors (Lipinski definition) is 4. The molecule has 3 heterocycles. The van der Waals surface area contributed by atoms with Gasteiger partial charge >= 0.3 is 0 Å². The number of fused-ring (bicyclic) bond motifs is 1. The SMILES string of the molecule is BrCC1CCN(c2ncnc3sccc23)CC1. The summed E-state index contributed by atoms with van der Waals surface area (Å²) >= 11 is 5.26. The quantitative estimate of drug-likeness (QED) is 0.797. The van der Waals surface area contributed by atoms with E-state index in [0.717, 1.165) is 35.0 Å². The van der Waals surface area contributed by atoms with E-state index in [-0.39, 0.29) is 0 Å². The molecular formula is C12H14BrN3S. The second-order valence-electron chi connectivity index (χ2n) is 4.42. The lowest BCUT2D eigenvalue weighted by Gasteiger charge is -2.32. The van der Waals surface area contributed by atoms with Crippen molar-refractivity contribution in [1.82, 2.24) is 9.97 Å². The van der Waals surface area contributed by atoms with Gasteiger partial charge in [-0.2, -0.15) is 0 Å². The molecule has 0 aromatic carbocycles. The Morgan fingerprint density at radius 1 is 1.35 bits per heavy atom. The average molecular weight is 312 g/mol. The van der Waals surface area contributed by atoms with Gasteiger partial charge in [-0.25, -0.2) is 9.97 Å². The normalized spacial score (nSPS) is 17.8. The maximum atomic E-state index is 4.46. The van der Waals surface area contributed by atoms with Gasteiger partial charge in [0, 0.05) is 18.4 Å². The molecule has 0 aliphatic carbocycles. The molecule has 1 saturated heterocycles. The Labute approximate surface area is 113 Å². The highest BCUT2D eigenvalue weighted by molar-refractivity contribution is 9.09. The number of aromatic nitrogens is 2.